The van der Waals surface area contributed by atoms with E-state index in [-0.39, 0.29) is 12.5 Å². The molecule has 0 saturated heterocycles. The van der Waals surface area contributed by atoms with Crippen LogP contribution in [0, 0.1) is 0 Å². The first kappa shape index (κ1) is 7.78. The van der Waals surface area contributed by atoms with E-state index in [1.54, 1.807) is 0 Å². The van der Waals surface area contributed by atoms with Gasteiger partial charge in [-0.1, -0.05) is 6.92 Å². The third kappa shape index (κ3) is 3.95. The molecule has 0 aliphatic rings. The summed E-state index contributed by atoms with van der Waals surface area (Å²) in [6.45, 7) is 1.86. The minimum absolute atomic E-state index is 0.0347. The van der Waals surface area contributed by atoms with Crippen LogP contribution < -0.4 is 5.73 Å². The van der Waals surface area contributed by atoms with E-state index in [0.29, 0.717) is 0 Å². The van der Waals surface area contributed by atoms with E-state index in [2.05, 4.69) is 4.18 Å². The smallest absolute Gasteiger partial charge is 0.331 e. The van der Waals surface area contributed by atoms with Crippen molar-refractivity contribution in [3.8, 4) is 0 Å². The molecule has 0 heterocycles. The highest BCUT2D eigenvalue weighted by Gasteiger charge is 1.95. The zero-order valence-electron chi connectivity index (χ0n) is 4.72. The van der Waals surface area contributed by atoms with Crippen LogP contribution in [0.25, 0.3) is 0 Å². The molecule has 0 fully saturated rings. The standard InChI is InChI=1S/C4H9NO2S/c1-2-8-7-4(6)3-5/h2-3,5H2,1H3. The lowest BCUT2D eigenvalue weighted by Crippen LogP contribution is -2.13. The van der Waals surface area contributed by atoms with Crippen LogP contribution in [0.2, 0.25) is 0 Å². The van der Waals surface area contributed by atoms with Gasteiger partial charge in [0.2, 0.25) is 0 Å². The molecule has 0 unspecified atom stereocenters. The third-order valence-electron chi connectivity index (χ3n) is 0.436. The van der Waals surface area contributed by atoms with Crippen molar-refractivity contribution < 1.29 is 8.98 Å². The maximum atomic E-state index is 10.2. The van der Waals surface area contributed by atoms with Gasteiger partial charge in [-0.25, -0.2) is 4.79 Å². The summed E-state index contributed by atoms with van der Waals surface area (Å²) < 4.78 is 4.49. The van der Waals surface area contributed by atoms with Crippen LogP contribution in [0.15, 0.2) is 0 Å². The fourth-order valence-electron chi connectivity index (χ4n) is 0.159. The molecular weight excluding hydrogens is 126 g/mol. The highest BCUT2D eigenvalue weighted by atomic mass is 32.2. The number of hydrogen-bond acceptors (Lipinski definition) is 4. The molecule has 0 atom stereocenters. The fourth-order valence-corrected chi connectivity index (χ4v) is 0.476. The molecule has 4 heteroatoms. The van der Waals surface area contributed by atoms with E-state index in [0.717, 1.165) is 17.8 Å². The zero-order chi connectivity index (χ0) is 6.41. The molecule has 0 saturated carbocycles. The molecule has 0 bridgehead atoms. The Morgan fingerprint density at radius 1 is 1.88 bits per heavy atom. The van der Waals surface area contributed by atoms with E-state index in [4.69, 9.17) is 5.73 Å². The van der Waals surface area contributed by atoms with Crippen molar-refractivity contribution in [2.75, 3.05) is 12.3 Å². The lowest BCUT2D eigenvalue weighted by Gasteiger charge is -1.94. The molecule has 0 aliphatic carbocycles. The van der Waals surface area contributed by atoms with E-state index in [1.807, 2.05) is 6.92 Å². The third-order valence-corrected chi connectivity index (χ3v) is 0.976. The summed E-state index contributed by atoms with van der Waals surface area (Å²) >= 11 is 1.11. The van der Waals surface area contributed by atoms with Crippen molar-refractivity contribution >= 4 is 18.0 Å². The van der Waals surface area contributed by atoms with E-state index >= 15 is 0 Å². The van der Waals surface area contributed by atoms with Gasteiger partial charge in [-0.3, -0.25) is 0 Å². The normalized spacial score (nSPS) is 8.75. The molecular formula is C4H9NO2S. The summed E-state index contributed by atoms with van der Waals surface area (Å²) in [5.74, 6) is 0.406. The Hall–Kier alpha value is -0.220. The Kier molecular flexibility index (Phi) is 4.79. The summed E-state index contributed by atoms with van der Waals surface area (Å²) in [6.07, 6.45) is 0. The predicted molar refractivity (Wildman–Crippen MR) is 33.3 cm³/mol. The van der Waals surface area contributed by atoms with E-state index in [9.17, 15) is 4.79 Å². The maximum absolute atomic E-state index is 10.2. The topological polar surface area (TPSA) is 52.3 Å². The molecule has 0 radical (unpaired) electrons. The number of nitrogens with two attached hydrogens (primary N) is 1. The highest BCUT2D eigenvalue weighted by Crippen LogP contribution is 1.99. The molecule has 0 spiro atoms. The Labute approximate surface area is 52.8 Å². The van der Waals surface area contributed by atoms with Crippen LogP contribution in [-0.4, -0.2) is 18.3 Å². The summed E-state index contributed by atoms with van der Waals surface area (Å²) in [7, 11) is 0. The number of carbonyl (C=O) groups excluding carboxylic acids is 1. The van der Waals surface area contributed by atoms with Crippen LogP contribution in [0.4, 0.5) is 0 Å². The van der Waals surface area contributed by atoms with Gasteiger partial charge >= 0.3 is 5.97 Å². The average Bonchev–Trinajstić information content (AvgIpc) is 1.83. The molecule has 0 aliphatic heterocycles. The van der Waals surface area contributed by atoms with Gasteiger partial charge in [-0.05, 0) is 0 Å². The first-order valence-electron chi connectivity index (χ1n) is 2.33. The predicted octanol–water partition coefficient (Wildman–Crippen LogP) is 0.156. The molecule has 8 heavy (non-hydrogen) atoms. The molecule has 0 aromatic heterocycles. The van der Waals surface area contributed by atoms with Crippen molar-refractivity contribution in [1.82, 2.24) is 0 Å². The second-order valence-electron chi connectivity index (χ2n) is 1.07. The Bertz CT molecular complexity index is 76.4. The molecule has 48 valence electrons. The average molecular weight is 135 g/mol. The second kappa shape index (κ2) is 4.93. The summed E-state index contributed by atoms with van der Waals surface area (Å²) in [5, 5.41) is 0. The van der Waals surface area contributed by atoms with Gasteiger partial charge in [0.15, 0.2) is 0 Å². The first-order chi connectivity index (χ1) is 3.81. The van der Waals surface area contributed by atoms with Gasteiger partial charge < -0.3 is 9.92 Å². The Balaban J connectivity index is 2.99. The molecule has 0 amide bonds. The monoisotopic (exact) mass is 135 g/mol. The van der Waals surface area contributed by atoms with E-state index in [1.165, 1.54) is 0 Å². The SMILES string of the molecule is CCSOC(=O)CN. The van der Waals surface area contributed by atoms with Crippen molar-refractivity contribution in [3.63, 3.8) is 0 Å². The summed E-state index contributed by atoms with van der Waals surface area (Å²) in [6, 6.07) is 0. The summed E-state index contributed by atoms with van der Waals surface area (Å²) in [4.78, 5) is 10.2. The minimum Gasteiger partial charge on any atom is -0.390 e. The van der Waals surface area contributed by atoms with Crippen molar-refractivity contribution in [2.45, 2.75) is 6.92 Å². The zero-order valence-corrected chi connectivity index (χ0v) is 5.53. The minimum atomic E-state index is -0.364. The number of carbonyl (C=O) groups is 1. The second-order valence-corrected chi connectivity index (χ2v) is 2.05. The van der Waals surface area contributed by atoms with Crippen molar-refractivity contribution in [1.29, 1.82) is 0 Å². The quantitative estimate of drug-likeness (QED) is 0.560. The molecule has 0 aromatic rings. The van der Waals surface area contributed by atoms with Crippen molar-refractivity contribution in [2.24, 2.45) is 5.73 Å². The van der Waals surface area contributed by atoms with Crippen molar-refractivity contribution in [3.05, 3.63) is 0 Å². The largest absolute Gasteiger partial charge is 0.390 e. The van der Waals surface area contributed by atoms with Gasteiger partial charge in [-0.15, -0.1) is 0 Å². The van der Waals surface area contributed by atoms with Crippen LogP contribution in [0.1, 0.15) is 6.92 Å². The maximum Gasteiger partial charge on any atom is 0.331 e. The number of rotatable bonds is 3. The van der Waals surface area contributed by atoms with Crippen LogP contribution in [0.3, 0.4) is 0 Å². The first-order valence-corrected chi connectivity index (χ1v) is 3.24. The summed E-state index contributed by atoms with van der Waals surface area (Å²) in [5.41, 5.74) is 4.92. The van der Waals surface area contributed by atoms with Crippen LogP contribution in [0.5, 0.6) is 0 Å². The van der Waals surface area contributed by atoms with Gasteiger partial charge in [0.05, 0.1) is 18.6 Å². The number of hydrogen-bond donors (Lipinski definition) is 1. The Morgan fingerprint density at radius 2 is 2.50 bits per heavy atom. The van der Waals surface area contributed by atoms with Gasteiger partial charge in [-0.2, -0.15) is 0 Å². The lowest BCUT2D eigenvalue weighted by atomic mass is 10.7. The van der Waals surface area contributed by atoms with Gasteiger partial charge in [0, 0.05) is 5.75 Å². The molecule has 0 rings (SSSR count). The van der Waals surface area contributed by atoms with Crippen LogP contribution >= 0.6 is 12.0 Å². The fraction of sp³-hybridized carbons (Fsp3) is 0.750. The molecule has 2 N–H and O–H groups in total. The Morgan fingerprint density at radius 3 is 2.88 bits per heavy atom. The molecule has 0 aromatic carbocycles. The van der Waals surface area contributed by atoms with Crippen LogP contribution in [-0.2, 0) is 8.98 Å². The van der Waals surface area contributed by atoms with Gasteiger partial charge in [0.1, 0.15) is 0 Å². The van der Waals surface area contributed by atoms with E-state index < -0.39 is 0 Å². The molecule has 3 nitrogen and oxygen atoms in total. The lowest BCUT2D eigenvalue weighted by molar-refractivity contribution is -0.131. The highest BCUT2D eigenvalue weighted by molar-refractivity contribution is 7.95. The van der Waals surface area contributed by atoms with Gasteiger partial charge in [0.25, 0.3) is 0 Å².